The van der Waals surface area contributed by atoms with E-state index in [9.17, 15) is 14.4 Å². The van der Waals surface area contributed by atoms with Crippen molar-refractivity contribution in [1.29, 1.82) is 0 Å². The number of aromatic nitrogens is 6. The van der Waals surface area contributed by atoms with Crippen LogP contribution in [0, 0.1) is 0 Å². The molecule has 0 saturated heterocycles. The molecule has 4 heterocycles. The van der Waals surface area contributed by atoms with Crippen LogP contribution in [0.3, 0.4) is 0 Å². The van der Waals surface area contributed by atoms with E-state index >= 15 is 0 Å². The second kappa shape index (κ2) is 8.66. The van der Waals surface area contributed by atoms with E-state index < -0.39 is 11.5 Å². The number of carbonyl (C=O) groups is 1. The van der Waals surface area contributed by atoms with Gasteiger partial charge in [0, 0.05) is 31.1 Å². The topological polar surface area (TPSA) is 117 Å². The number of rotatable bonds is 7. The molecular weight excluding hydrogens is 406 g/mol. The smallest absolute Gasteiger partial charge is 0.267 e. The summed E-state index contributed by atoms with van der Waals surface area (Å²) >= 11 is 1.53. The van der Waals surface area contributed by atoms with Gasteiger partial charge >= 0.3 is 0 Å². The molecule has 10 nitrogen and oxygen atoms in total. The van der Waals surface area contributed by atoms with Crippen LogP contribution in [0.5, 0.6) is 0 Å². The van der Waals surface area contributed by atoms with Gasteiger partial charge in [0.25, 0.3) is 11.1 Å². The van der Waals surface area contributed by atoms with Crippen molar-refractivity contribution in [2.75, 3.05) is 6.54 Å². The Hall–Kier alpha value is -3.86. The first kappa shape index (κ1) is 19.5. The van der Waals surface area contributed by atoms with Crippen LogP contribution in [0.2, 0.25) is 0 Å². The van der Waals surface area contributed by atoms with E-state index in [4.69, 9.17) is 0 Å². The van der Waals surface area contributed by atoms with Crippen molar-refractivity contribution < 1.29 is 4.79 Å². The summed E-state index contributed by atoms with van der Waals surface area (Å²) in [5, 5.41) is 17.2. The van der Waals surface area contributed by atoms with E-state index in [1.165, 1.54) is 38.9 Å². The lowest BCUT2D eigenvalue weighted by atomic mass is 10.3. The molecule has 1 N–H and O–H groups in total. The number of hydrogen-bond donors (Lipinski definition) is 1. The molecule has 0 fully saturated rings. The summed E-state index contributed by atoms with van der Waals surface area (Å²) in [6.07, 6.45) is 3.28. The lowest BCUT2D eigenvalue weighted by molar-refractivity contribution is -0.121. The fraction of sp³-hybridized carbons (Fsp3) is 0.158. The predicted molar refractivity (Wildman–Crippen MR) is 110 cm³/mol. The highest BCUT2D eigenvalue weighted by Gasteiger charge is 2.09. The maximum atomic E-state index is 12.3. The Morgan fingerprint density at radius 1 is 1.00 bits per heavy atom. The number of amides is 1. The molecule has 0 atom stereocenters. The lowest BCUT2D eigenvalue weighted by Gasteiger charge is -2.09. The summed E-state index contributed by atoms with van der Waals surface area (Å²) in [6, 6.07) is 11.6. The third-order valence-electron chi connectivity index (χ3n) is 4.17. The average molecular weight is 423 g/mol. The number of thiophene rings is 1. The van der Waals surface area contributed by atoms with Gasteiger partial charge in [-0.15, -0.1) is 16.4 Å². The fourth-order valence-corrected chi connectivity index (χ4v) is 3.43. The van der Waals surface area contributed by atoms with Gasteiger partial charge in [0.2, 0.25) is 5.91 Å². The van der Waals surface area contributed by atoms with E-state index in [1.54, 1.807) is 24.5 Å². The van der Waals surface area contributed by atoms with Gasteiger partial charge in [-0.3, -0.25) is 14.4 Å². The van der Waals surface area contributed by atoms with Crippen molar-refractivity contribution in [3.8, 4) is 16.4 Å². The number of nitrogens with zero attached hydrogens (tertiary/aromatic N) is 6. The van der Waals surface area contributed by atoms with Crippen LogP contribution in [0.1, 0.15) is 0 Å². The van der Waals surface area contributed by atoms with Gasteiger partial charge in [0.1, 0.15) is 12.2 Å². The monoisotopic (exact) mass is 423 g/mol. The van der Waals surface area contributed by atoms with Gasteiger partial charge in [-0.1, -0.05) is 6.07 Å². The van der Waals surface area contributed by atoms with E-state index in [-0.39, 0.29) is 25.2 Å². The fourth-order valence-electron chi connectivity index (χ4n) is 2.74. The third-order valence-corrected chi connectivity index (χ3v) is 5.06. The van der Waals surface area contributed by atoms with E-state index in [2.05, 4.69) is 20.6 Å². The molecule has 0 unspecified atom stereocenters. The molecule has 0 aliphatic carbocycles. The molecule has 4 rings (SSSR count). The maximum absolute atomic E-state index is 12.3. The Bertz CT molecular complexity index is 1260. The molecule has 0 saturated carbocycles. The molecule has 4 aromatic rings. The first-order chi connectivity index (χ1) is 14.6. The third kappa shape index (κ3) is 4.41. The minimum absolute atomic E-state index is 0.188. The zero-order valence-electron chi connectivity index (χ0n) is 15.7. The van der Waals surface area contributed by atoms with Gasteiger partial charge in [-0.25, -0.2) is 14.0 Å². The highest BCUT2D eigenvalue weighted by molar-refractivity contribution is 7.13. The molecule has 0 aromatic carbocycles. The summed E-state index contributed by atoms with van der Waals surface area (Å²) in [6.45, 7) is 0.151. The standard InChI is InChI=1S/C19H17N7O3S/c27-17(13-26-19(29)7-5-16(23-26)24-10-2-8-21-24)20-9-11-25-18(28)6-4-14(22-25)15-3-1-12-30-15/h1-8,10,12H,9,11,13H2,(H,20,27). The van der Waals surface area contributed by atoms with Crippen LogP contribution in [-0.2, 0) is 17.9 Å². The minimum Gasteiger partial charge on any atom is -0.353 e. The van der Waals surface area contributed by atoms with Crippen LogP contribution >= 0.6 is 11.3 Å². The number of carbonyl (C=O) groups excluding carboxylic acids is 1. The molecule has 30 heavy (non-hydrogen) atoms. The molecule has 11 heteroatoms. The lowest BCUT2D eigenvalue weighted by Crippen LogP contribution is -2.36. The molecule has 4 aromatic heterocycles. The predicted octanol–water partition coefficient (Wildman–Crippen LogP) is 0.531. The molecule has 0 spiro atoms. The summed E-state index contributed by atoms with van der Waals surface area (Å²) in [5.74, 6) is 0.0261. The van der Waals surface area contributed by atoms with Gasteiger partial charge in [-0.2, -0.15) is 10.2 Å². The van der Waals surface area contributed by atoms with Crippen molar-refractivity contribution in [3.63, 3.8) is 0 Å². The maximum Gasteiger partial charge on any atom is 0.267 e. The highest BCUT2D eigenvalue weighted by Crippen LogP contribution is 2.20. The normalized spacial score (nSPS) is 10.8. The van der Waals surface area contributed by atoms with E-state index in [0.717, 1.165) is 9.56 Å². The molecule has 152 valence electrons. The summed E-state index contributed by atoms with van der Waals surface area (Å²) in [7, 11) is 0. The zero-order chi connectivity index (χ0) is 20.9. The van der Waals surface area contributed by atoms with Gasteiger partial charge in [0.15, 0.2) is 5.82 Å². The van der Waals surface area contributed by atoms with E-state index in [0.29, 0.717) is 11.5 Å². The largest absolute Gasteiger partial charge is 0.353 e. The number of hydrogen-bond acceptors (Lipinski definition) is 7. The Balaban J connectivity index is 1.38. The highest BCUT2D eigenvalue weighted by atomic mass is 32.1. The van der Waals surface area contributed by atoms with Crippen molar-refractivity contribution in [2.45, 2.75) is 13.1 Å². The Labute approximate surface area is 174 Å². The molecular formula is C19H17N7O3S. The van der Waals surface area contributed by atoms with Crippen molar-refractivity contribution in [2.24, 2.45) is 0 Å². The van der Waals surface area contributed by atoms with Gasteiger partial charge < -0.3 is 5.32 Å². The van der Waals surface area contributed by atoms with Crippen LogP contribution < -0.4 is 16.4 Å². The van der Waals surface area contributed by atoms with Crippen molar-refractivity contribution >= 4 is 17.2 Å². The molecule has 1 amide bonds. The first-order valence-corrected chi connectivity index (χ1v) is 9.95. The quantitative estimate of drug-likeness (QED) is 0.464. The summed E-state index contributed by atoms with van der Waals surface area (Å²) in [5.41, 5.74) is 0.0408. The molecule has 0 aliphatic rings. The van der Waals surface area contributed by atoms with Crippen LogP contribution in [0.25, 0.3) is 16.4 Å². The summed E-state index contributed by atoms with van der Waals surface area (Å²) < 4.78 is 3.86. The van der Waals surface area contributed by atoms with Crippen LogP contribution in [-0.4, -0.2) is 41.8 Å². The van der Waals surface area contributed by atoms with Gasteiger partial charge in [0.05, 0.1) is 11.4 Å². The van der Waals surface area contributed by atoms with Crippen LogP contribution in [0.15, 0.2) is 69.8 Å². The summed E-state index contributed by atoms with van der Waals surface area (Å²) in [4.78, 5) is 37.2. The minimum atomic E-state index is -0.400. The second-order valence-corrected chi connectivity index (χ2v) is 7.19. The van der Waals surface area contributed by atoms with Crippen molar-refractivity contribution in [1.82, 2.24) is 34.7 Å². The van der Waals surface area contributed by atoms with E-state index in [1.807, 2.05) is 17.5 Å². The Morgan fingerprint density at radius 3 is 2.60 bits per heavy atom. The van der Waals surface area contributed by atoms with Crippen LogP contribution in [0.4, 0.5) is 0 Å². The first-order valence-electron chi connectivity index (χ1n) is 9.07. The SMILES string of the molecule is O=C(Cn1nc(-n2cccn2)ccc1=O)NCCn1nc(-c2cccs2)ccc1=O. The zero-order valence-corrected chi connectivity index (χ0v) is 16.5. The molecule has 0 bridgehead atoms. The number of nitrogens with one attached hydrogen (secondary N) is 1. The Morgan fingerprint density at radius 2 is 1.83 bits per heavy atom. The van der Waals surface area contributed by atoms with Gasteiger partial charge in [-0.05, 0) is 29.6 Å². The molecule has 0 radical (unpaired) electrons. The van der Waals surface area contributed by atoms with Crippen molar-refractivity contribution in [3.05, 3.63) is 80.9 Å². The molecule has 0 aliphatic heterocycles. The Kier molecular flexibility index (Phi) is 5.61. The second-order valence-electron chi connectivity index (χ2n) is 6.25. The average Bonchev–Trinajstić information content (AvgIpc) is 3.45.